The number of aromatic nitrogens is 1. The summed E-state index contributed by atoms with van der Waals surface area (Å²) in [5.74, 6) is 0.299. The van der Waals surface area contributed by atoms with Gasteiger partial charge in [-0.25, -0.2) is 4.90 Å². The number of hydrogen-bond donors (Lipinski definition) is 0. The lowest BCUT2D eigenvalue weighted by atomic mass is 10.1. The van der Waals surface area contributed by atoms with E-state index in [4.69, 9.17) is 9.47 Å². The van der Waals surface area contributed by atoms with Gasteiger partial charge < -0.3 is 9.47 Å². The van der Waals surface area contributed by atoms with E-state index >= 15 is 0 Å². The van der Waals surface area contributed by atoms with Gasteiger partial charge >= 0.3 is 0 Å². The highest BCUT2D eigenvalue weighted by Gasteiger charge is 2.36. The van der Waals surface area contributed by atoms with E-state index in [1.54, 1.807) is 42.7 Å². The van der Waals surface area contributed by atoms with E-state index in [1.807, 2.05) is 6.07 Å². The van der Waals surface area contributed by atoms with Crippen molar-refractivity contribution in [2.75, 3.05) is 19.1 Å². The van der Waals surface area contributed by atoms with Gasteiger partial charge in [0.2, 0.25) is 5.91 Å². The first-order chi connectivity index (χ1) is 11.6. The van der Waals surface area contributed by atoms with Crippen molar-refractivity contribution in [3.8, 4) is 11.5 Å². The molecule has 0 atom stereocenters. The number of ether oxygens (including phenoxy) is 2. The molecule has 24 heavy (non-hydrogen) atoms. The number of carbonyl (C=O) groups excluding carboxylic acids is 2. The number of carbonyl (C=O) groups is 2. The predicted molar refractivity (Wildman–Crippen MR) is 88.9 cm³/mol. The number of rotatable bonds is 4. The van der Waals surface area contributed by atoms with E-state index < -0.39 is 0 Å². The fraction of sp³-hybridized carbons (Fsp3) is 0.167. The smallest absolute Gasteiger partial charge is 0.261 e. The van der Waals surface area contributed by atoms with Gasteiger partial charge in [-0.2, -0.15) is 0 Å². The summed E-state index contributed by atoms with van der Waals surface area (Å²) in [6.07, 6.45) is 5.00. The fourth-order valence-corrected chi connectivity index (χ4v) is 2.57. The van der Waals surface area contributed by atoms with Gasteiger partial charge in [0.05, 0.1) is 26.3 Å². The number of imide groups is 1. The second kappa shape index (κ2) is 6.54. The molecule has 0 unspecified atom stereocenters. The molecule has 2 heterocycles. The second-order valence-corrected chi connectivity index (χ2v) is 5.20. The maximum Gasteiger partial charge on any atom is 0.261 e. The summed E-state index contributed by atoms with van der Waals surface area (Å²) in [5.41, 5.74) is 1.56. The largest absolute Gasteiger partial charge is 0.497 e. The quantitative estimate of drug-likeness (QED) is 0.638. The Morgan fingerprint density at radius 1 is 1.17 bits per heavy atom. The second-order valence-electron chi connectivity index (χ2n) is 5.20. The summed E-state index contributed by atoms with van der Waals surface area (Å²) < 4.78 is 10.5. The maximum absolute atomic E-state index is 12.7. The van der Waals surface area contributed by atoms with Crippen molar-refractivity contribution in [1.29, 1.82) is 0 Å². The van der Waals surface area contributed by atoms with Crippen molar-refractivity contribution < 1.29 is 19.1 Å². The van der Waals surface area contributed by atoms with Crippen LogP contribution in [0.2, 0.25) is 0 Å². The fourth-order valence-electron chi connectivity index (χ4n) is 2.57. The number of anilines is 1. The highest BCUT2D eigenvalue weighted by molar-refractivity contribution is 6.30. The van der Waals surface area contributed by atoms with Crippen LogP contribution in [-0.2, 0) is 9.59 Å². The highest BCUT2D eigenvalue weighted by atomic mass is 16.5. The van der Waals surface area contributed by atoms with Crippen LogP contribution in [0.3, 0.4) is 0 Å². The van der Waals surface area contributed by atoms with Crippen LogP contribution in [0.25, 0.3) is 6.08 Å². The molecule has 1 saturated heterocycles. The van der Waals surface area contributed by atoms with Crippen molar-refractivity contribution in [3.05, 3.63) is 53.9 Å². The van der Waals surface area contributed by atoms with Gasteiger partial charge in [-0.1, -0.05) is 6.07 Å². The Labute approximate surface area is 139 Å². The minimum absolute atomic E-state index is 0.0358. The van der Waals surface area contributed by atoms with Crippen molar-refractivity contribution in [3.63, 3.8) is 0 Å². The lowest BCUT2D eigenvalue weighted by Crippen LogP contribution is -2.29. The number of amides is 2. The average molecular weight is 324 g/mol. The minimum atomic E-state index is -0.365. The summed E-state index contributed by atoms with van der Waals surface area (Å²) in [6.45, 7) is 0. The molecule has 0 saturated carbocycles. The molecule has 3 rings (SSSR count). The monoisotopic (exact) mass is 324 g/mol. The molecule has 1 aromatic carbocycles. The Balaban J connectivity index is 2.00. The molecule has 0 radical (unpaired) electrons. The average Bonchev–Trinajstić information content (AvgIpc) is 2.88. The van der Waals surface area contributed by atoms with Crippen LogP contribution < -0.4 is 14.4 Å². The first-order valence-corrected chi connectivity index (χ1v) is 7.34. The van der Waals surface area contributed by atoms with E-state index in [2.05, 4.69) is 4.98 Å². The molecule has 2 amide bonds. The zero-order chi connectivity index (χ0) is 17.1. The topological polar surface area (TPSA) is 68.7 Å². The van der Waals surface area contributed by atoms with Crippen LogP contribution in [0, 0.1) is 0 Å². The molecule has 122 valence electrons. The third kappa shape index (κ3) is 2.86. The Morgan fingerprint density at radius 3 is 2.67 bits per heavy atom. The van der Waals surface area contributed by atoms with Crippen molar-refractivity contribution in [2.24, 2.45) is 0 Å². The predicted octanol–water partition coefficient (Wildman–Crippen LogP) is 2.45. The van der Waals surface area contributed by atoms with Crippen LogP contribution >= 0.6 is 0 Å². The zero-order valence-electron chi connectivity index (χ0n) is 13.4. The third-order valence-electron chi connectivity index (χ3n) is 3.72. The summed E-state index contributed by atoms with van der Waals surface area (Å²) in [7, 11) is 3.01. The lowest BCUT2D eigenvalue weighted by molar-refractivity contribution is -0.120. The van der Waals surface area contributed by atoms with E-state index in [-0.39, 0.29) is 18.2 Å². The molecule has 1 aromatic heterocycles. The minimum Gasteiger partial charge on any atom is -0.497 e. The van der Waals surface area contributed by atoms with Gasteiger partial charge in [0.15, 0.2) is 0 Å². The summed E-state index contributed by atoms with van der Waals surface area (Å²) in [6, 6.07) is 8.59. The van der Waals surface area contributed by atoms with Crippen LogP contribution in [0.4, 0.5) is 5.69 Å². The Morgan fingerprint density at radius 2 is 2.00 bits per heavy atom. The molecule has 0 spiro atoms. The number of pyridine rings is 1. The molecule has 6 heteroatoms. The lowest BCUT2D eigenvalue weighted by Gasteiger charge is -2.17. The molecule has 2 aromatic rings. The first kappa shape index (κ1) is 15.7. The molecular formula is C18H16N2O4. The van der Waals surface area contributed by atoms with Gasteiger partial charge in [-0.15, -0.1) is 0 Å². The summed E-state index contributed by atoms with van der Waals surface area (Å²) in [4.78, 5) is 30.2. The zero-order valence-corrected chi connectivity index (χ0v) is 13.4. The molecule has 0 N–H and O–H groups in total. The normalized spacial score (nSPS) is 15.9. The SMILES string of the molecule is COc1ccc(OC)c(N2C(=O)CC(=Cc3cccnc3)C2=O)c1. The maximum atomic E-state index is 12.7. The van der Waals surface area contributed by atoms with E-state index in [0.717, 1.165) is 10.5 Å². The molecule has 1 fully saturated rings. The molecule has 0 bridgehead atoms. The van der Waals surface area contributed by atoms with E-state index in [1.165, 1.54) is 14.2 Å². The summed E-state index contributed by atoms with van der Waals surface area (Å²) >= 11 is 0. The molecule has 0 aliphatic carbocycles. The number of methoxy groups -OCH3 is 2. The van der Waals surface area contributed by atoms with Gasteiger partial charge in [-0.05, 0) is 29.8 Å². The van der Waals surface area contributed by atoms with Crippen LogP contribution in [0.15, 0.2) is 48.3 Å². The highest BCUT2D eigenvalue weighted by Crippen LogP contribution is 2.36. The van der Waals surface area contributed by atoms with Crippen molar-refractivity contribution in [2.45, 2.75) is 6.42 Å². The Hall–Kier alpha value is -3.15. The molecule has 1 aliphatic rings. The third-order valence-corrected chi connectivity index (χ3v) is 3.72. The number of benzene rings is 1. The first-order valence-electron chi connectivity index (χ1n) is 7.34. The van der Waals surface area contributed by atoms with Gasteiger partial charge in [-0.3, -0.25) is 14.6 Å². The van der Waals surface area contributed by atoms with Gasteiger partial charge in [0.25, 0.3) is 5.91 Å². The molecule has 1 aliphatic heterocycles. The van der Waals surface area contributed by atoms with Crippen LogP contribution in [0.1, 0.15) is 12.0 Å². The summed E-state index contributed by atoms with van der Waals surface area (Å²) in [5, 5.41) is 0. The van der Waals surface area contributed by atoms with Gasteiger partial charge in [0, 0.05) is 24.0 Å². The van der Waals surface area contributed by atoms with Crippen LogP contribution in [0.5, 0.6) is 11.5 Å². The Kier molecular flexibility index (Phi) is 4.29. The van der Waals surface area contributed by atoms with Crippen molar-refractivity contribution in [1.82, 2.24) is 4.98 Å². The van der Waals surface area contributed by atoms with Crippen molar-refractivity contribution >= 4 is 23.6 Å². The number of nitrogens with zero attached hydrogens (tertiary/aromatic N) is 2. The van der Waals surface area contributed by atoms with E-state index in [9.17, 15) is 9.59 Å². The molecule has 6 nitrogen and oxygen atoms in total. The molecular weight excluding hydrogens is 308 g/mol. The standard InChI is InChI=1S/C18H16N2O4/c1-23-14-5-6-16(24-2)15(10-14)20-17(21)9-13(18(20)22)8-12-4-3-7-19-11-12/h3-8,10-11H,9H2,1-2H3. The number of hydrogen-bond acceptors (Lipinski definition) is 5. The van der Waals surface area contributed by atoms with E-state index in [0.29, 0.717) is 22.8 Å². The van der Waals surface area contributed by atoms with Gasteiger partial charge in [0.1, 0.15) is 11.5 Å². The van der Waals surface area contributed by atoms with Crippen LogP contribution in [-0.4, -0.2) is 31.0 Å². The Bertz CT molecular complexity index is 815.